The van der Waals surface area contributed by atoms with Gasteiger partial charge in [-0.2, -0.15) is 0 Å². The number of carbonyl (C=O) groups is 1. The number of hydrogen-bond acceptors (Lipinski definition) is 3. The molecule has 0 fully saturated rings. The topological polar surface area (TPSA) is 55.2 Å². The smallest absolute Gasteiger partial charge is 0.266 e. The third-order valence-electron chi connectivity index (χ3n) is 6.46. The Balaban J connectivity index is 1.77. The molecule has 4 aromatic rings. The Morgan fingerprint density at radius 2 is 1.57 bits per heavy atom. The van der Waals surface area contributed by atoms with Crippen molar-refractivity contribution < 1.29 is 4.79 Å². The summed E-state index contributed by atoms with van der Waals surface area (Å²) in [6, 6.07) is 26.8. The molecule has 3 aromatic carbocycles. The zero-order chi connectivity index (χ0) is 24.6. The van der Waals surface area contributed by atoms with Gasteiger partial charge < -0.3 is 4.90 Å². The van der Waals surface area contributed by atoms with Crippen molar-refractivity contribution >= 4 is 16.8 Å². The van der Waals surface area contributed by atoms with Crippen LogP contribution < -0.4 is 5.56 Å². The number of para-hydroxylation sites is 2. The highest BCUT2D eigenvalue weighted by atomic mass is 16.2. The lowest BCUT2D eigenvalue weighted by Gasteiger charge is -2.31. The van der Waals surface area contributed by atoms with E-state index in [2.05, 4.69) is 19.1 Å². The molecule has 0 aliphatic rings. The molecule has 1 heterocycles. The number of aromatic nitrogens is 2. The predicted molar refractivity (Wildman–Crippen MR) is 142 cm³/mol. The molecule has 1 unspecified atom stereocenters. The molecule has 1 atom stereocenters. The summed E-state index contributed by atoms with van der Waals surface area (Å²) in [5, 5.41) is 0.567. The molecular formula is C30H33N3O2. The third kappa shape index (κ3) is 5.68. The summed E-state index contributed by atoms with van der Waals surface area (Å²) in [7, 11) is 0. The number of rotatable bonds is 10. The predicted octanol–water partition coefficient (Wildman–Crippen LogP) is 6.10. The molecule has 0 bridgehead atoms. The molecule has 35 heavy (non-hydrogen) atoms. The van der Waals surface area contributed by atoms with Gasteiger partial charge in [0.15, 0.2) is 0 Å². The summed E-state index contributed by atoms with van der Waals surface area (Å²) in [5.41, 5.74) is 2.45. The van der Waals surface area contributed by atoms with E-state index in [9.17, 15) is 9.59 Å². The second-order valence-electron chi connectivity index (χ2n) is 8.92. The molecule has 0 aliphatic heterocycles. The normalized spacial score (nSPS) is 11.9. The Morgan fingerprint density at radius 3 is 2.29 bits per heavy atom. The standard InChI is InChI=1S/C30H33N3O2/c1-3-4-7-20-28(34)32(22-21-24-14-8-5-9-15-24)23(2)29-31-27-19-13-12-18-26(27)30(35)33(29)25-16-10-6-11-17-25/h5-6,8-19,23H,3-4,7,20-22H2,1-2H3. The first-order chi connectivity index (χ1) is 17.1. The minimum Gasteiger partial charge on any atom is -0.332 e. The van der Waals surface area contributed by atoms with Crippen LogP contribution in [0.4, 0.5) is 0 Å². The van der Waals surface area contributed by atoms with E-state index in [1.54, 1.807) is 4.57 Å². The second-order valence-corrected chi connectivity index (χ2v) is 8.92. The zero-order valence-electron chi connectivity index (χ0n) is 20.6. The molecule has 180 valence electrons. The van der Waals surface area contributed by atoms with E-state index in [4.69, 9.17) is 4.98 Å². The lowest BCUT2D eigenvalue weighted by Crippen LogP contribution is -2.38. The van der Waals surface area contributed by atoms with Gasteiger partial charge in [0.25, 0.3) is 5.56 Å². The van der Waals surface area contributed by atoms with Crippen LogP contribution in [0.1, 0.15) is 57.0 Å². The van der Waals surface area contributed by atoms with E-state index < -0.39 is 0 Å². The number of carbonyl (C=O) groups excluding carboxylic acids is 1. The van der Waals surface area contributed by atoms with Crippen LogP contribution in [-0.4, -0.2) is 26.9 Å². The second kappa shape index (κ2) is 11.6. The summed E-state index contributed by atoms with van der Waals surface area (Å²) >= 11 is 0. The van der Waals surface area contributed by atoms with Crippen molar-refractivity contribution in [2.75, 3.05) is 6.54 Å². The van der Waals surface area contributed by atoms with E-state index >= 15 is 0 Å². The lowest BCUT2D eigenvalue weighted by atomic mass is 10.1. The van der Waals surface area contributed by atoms with Gasteiger partial charge >= 0.3 is 0 Å². The fourth-order valence-electron chi connectivity index (χ4n) is 4.49. The van der Waals surface area contributed by atoms with Crippen LogP contribution in [0.15, 0.2) is 89.7 Å². The van der Waals surface area contributed by atoms with E-state index in [1.807, 2.05) is 84.6 Å². The van der Waals surface area contributed by atoms with Gasteiger partial charge in [-0.1, -0.05) is 80.4 Å². The molecule has 5 nitrogen and oxygen atoms in total. The van der Waals surface area contributed by atoms with Crippen molar-refractivity contribution in [2.24, 2.45) is 0 Å². The molecule has 0 aliphatic carbocycles. The number of benzene rings is 3. The number of fused-ring (bicyclic) bond motifs is 1. The SMILES string of the molecule is CCCCCC(=O)N(CCc1ccccc1)C(C)c1nc2ccccc2c(=O)n1-c1ccccc1. The summed E-state index contributed by atoms with van der Waals surface area (Å²) in [6.07, 6.45) is 4.19. The average molecular weight is 468 g/mol. The Morgan fingerprint density at radius 1 is 0.914 bits per heavy atom. The van der Waals surface area contributed by atoms with Crippen LogP contribution >= 0.6 is 0 Å². The van der Waals surface area contributed by atoms with Gasteiger partial charge in [-0.25, -0.2) is 4.98 Å². The van der Waals surface area contributed by atoms with Crippen LogP contribution in [0.2, 0.25) is 0 Å². The Kier molecular flexibility index (Phi) is 8.09. The molecule has 5 heteroatoms. The van der Waals surface area contributed by atoms with Crippen molar-refractivity contribution in [3.05, 3.63) is 107 Å². The minimum absolute atomic E-state index is 0.101. The van der Waals surface area contributed by atoms with E-state index in [0.29, 0.717) is 29.7 Å². The van der Waals surface area contributed by atoms with Gasteiger partial charge in [0.05, 0.1) is 22.6 Å². The molecule has 0 spiro atoms. The van der Waals surface area contributed by atoms with Crippen LogP contribution in [0.25, 0.3) is 16.6 Å². The first kappa shape index (κ1) is 24.4. The Bertz CT molecular complexity index is 1320. The van der Waals surface area contributed by atoms with Crippen LogP contribution in [0.3, 0.4) is 0 Å². The van der Waals surface area contributed by atoms with E-state index in [0.717, 1.165) is 31.4 Å². The summed E-state index contributed by atoms with van der Waals surface area (Å²) in [4.78, 5) is 34.0. The van der Waals surface area contributed by atoms with Crippen LogP contribution in [0, 0.1) is 0 Å². The molecule has 4 rings (SSSR count). The highest BCUT2D eigenvalue weighted by Crippen LogP contribution is 2.24. The van der Waals surface area contributed by atoms with Gasteiger partial charge in [0.1, 0.15) is 5.82 Å². The first-order valence-electron chi connectivity index (χ1n) is 12.5. The fraction of sp³-hybridized carbons (Fsp3) is 0.300. The quantitative estimate of drug-likeness (QED) is 0.265. The Hall–Kier alpha value is -3.73. The van der Waals surface area contributed by atoms with E-state index in [1.165, 1.54) is 5.56 Å². The van der Waals surface area contributed by atoms with Gasteiger partial charge in [-0.15, -0.1) is 0 Å². The molecule has 0 saturated heterocycles. The van der Waals surface area contributed by atoms with Crippen molar-refractivity contribution in [3.63, 3.8) is 0 Å². The highest BCUT2D eigenvalue weighted by molar-refractivity contribution is 5.79. The monoisotopic (exact) mass is 467 g/mol. The molecule has 1 aromatic heterocycles. The van der Waals surface area contributed by atoms with Gasteiger partial charge in [-0.3, -0.25) is 14.2 Å². The first-order valence-corrected chi connectivity index (χ1v) is 12.5. The lowest BCUT2D eigenvalue weighted by molar-refractivity contribution is -0.133. The third-order valence-corrected chi connectivity index (χ3v) is 6.46. The summed E-state index contributed by atoms with van der Waals surface area (Å²) < 4.78 is 1.67. The molecule has 0 radical (unpaired) electrons. The van der Waals surface area contributed by atoms with Gasteiger partial charge in [0.2, 0.25) is 5.91 Å². The number of amides is 1. The average Bonchev–Trinajstić information content (AvgIpc) is 2.90. The minimum atomic E-state index is -0.370. The maximum Gasteiger partial charge on any atom is 0.266 e. The van der Waals surface area contributed by atoms with Crippen molar-refractivity contribution in [1.29, 1.82) is 0 Å². The largest absolute Gasteiger partial charge is 0.332 e. The number of nitrogens with zero attached hydrogens (tertiary/aromatic N) is 3. The highest BCUT2D eigenvalue weighted by Gasteiger charge is 2.26. The zero-order valence-corrected chi connectivity index (χ0v) is 20.6. The van der Waals surface area contributed by atoms with Gasteiger partial charge in [-0.05, 0) is 49.6 Å². The number of hydrogen-bond donors (Lipinski definition) is 0. The molecule has 1 amide bonds. The van der Waals surface area contributed by atoms with Crippen LogP contribution in [0.5, 0.6) is 0 Å². The summed E-state index contributed by atoms with van der Waals surface area (Å²) in [5.74, 6) is 0.681. The van der Waals surface area contributed by atoms with E-state index in [-0.39, 0.29) is 17.5 Å². The fourth-order valence-corrected chi connectivity index (χ4v) is 4.49. The maximum absolute atomic E-state index is 13.7. The molecular weight excluding hydrogens is 434 g/mol. The summed E-state index contributed by atoms with van der Waals surface area (Å²) in [6.45, 7) is 4.68. The maximum atomic E-state index is 13.7. The van der Waals surface area contributed by atoms with Crippen molar-refractivity contribution in [1.82, 2.24) is 14.5 Å². The molecule has 0 saturated carbocycles. The van der Waals surface area contributed by atoms with Crippen molar-refractivity contribution in [3.8, 4) is 5.69 Å². The Labute approximate surface area is 207 Å². The molecule has 0 N–H and O–H groups in total. The van der Waals surface area contributed by atoms with Crippen LogP contribution in [-0.2, 0) is 11.2 Å². The number of unbranched alkanes of at least 4 members (excludes halogenated alkanes) is 2. The van der Waals surface area contributed by atoms with Gasteiger partial charge in [0, 0.05) is 13.0 Å². The van der Waals surface area contributed by atoms with Crippen molar-refractivity contribution in [2.45, 2.75) is 52.0 Å².